The average Bonchev–Trinajstić information content (AvgIpc) is 2.29. The number of carboxylic acids is 1. The fraction of sp³-hybridized carbons (Fsp3) is 0.364. The fourth-order valence-corrected chi connectivity index (χ4v) is 1.63. The van der Waals surface area contributed by atoms with Crippen molar-refractivity contribution in [1.82, 2.24) is 0 Å². The summed E-state index contributed by atoms with van der Waals surface area (Å²) in [6.07, 6.45) is 0. The van der Waals surface area contributed by atoms with Crippen LogP contribution in [0.1, 0.15) is 15.9 Å². The predicted molar refractivity (Wildman–Crippen MR) is 55.1 cm³/mol. The van der Waals surface area contributed by atoms with Crippen LogP contribution in [0.25, 0.3) is 0 Å². The third kappa shape index (κ3) is 1.81. The first kappa shape index (κ1) is 10.8. The molecule has 1 aromatic rings. The molecule has 0 saturated carbocycles. The summed E-state index contributed by atoms with van der Waals surface area (Å²) in [7, 11) is 1.57. The monoisotopic (exact) mass is 224 g/mol. The first-order valence-corrected chi connectivity index (χ1v) is 4.87. The highest BCUT2D eigenvalue weighted by molar-refractivity contribution is 5.92. The van der Waals surface area contributed by atoms with Gasteiger partial charge in [-0.3, -0.25) is 0 Å². The Morgan fingerprint density at radius 3 is 2.69 bits per heavy atom. The Morgan fingerprint density at radius 1 is 1.38 bits per heavy atom. The zero-order valence-corrected chi connectivity index (χ0v) is 8.86. The fourth-order valence-electron chi connectivity index (χ4n) is 1.63. The van der Waals surface area contributed by atoms with E-state index in [4.69, 9.17) is 19.3 Å². The molecule has 5 heteroatoms. The van der Waals surface area contributed by atoms with E-state index in [1.807, 2.05) is 0 Å². The maximum Gasteiger partial charge on any atom is 0.339 e. The molecule has 1 aliphatic rings. The second-order valence-electron chi connectivity index (χ2n) is 3.37. The van der Waals surface area contributed by atoms with Gasteiger partial charge in [-0.05, 0) is 6.07 Å². The van der Waals surface area contributed by atoms with Crippen molar-refractivity contribution in [3.63, 3.8) is 0 Å². The molecule has 0 atom stereocenters. The molecule has 16 heavy (non-hydrogen) atoms. The lowest BCUT2D eigenvalue weighted by atomic mass is 10.1. The first-order valence-electron chi connectivity index (χ1n) is 4.87. The Balaban J connectivity index is 2.50. The minimum absolute atomic E-state index is 0.120. The Kier molecular flexibility index (Phi) is 2.96. The summed E-state index contributed by atoms with van der Waals surface area (Å²) in [5.41, 5.74) is 0.914. The van der Waals surface area contributed by atoms with Gasteiger partial charge in [-0.2, -0.15) is 0 Å². The van der Waals surface area contributed by atoms with E-state index >= 15 is 0 Å². The van der Waals surface area contributed by atoms with Gasteiger partial charge in [0.15, 0.2) is 11.5 Å². The molecule has 1 N–H and O–H groups in total. The van der Waals surface area contributed by atoms with Crippen molar-refractivity contribution >= 4 is 5.97 Å². The second-order valence-corrected chi connectivity index (χ2v) is 3.37. The van der Waals surface area contributed by atoms with Gasteiger partial charge in [0.1, 0.15) is 18.8 Å². The molecule has 0 fully saturated rings. The normalized spacial score (nSPS) is 13.6. The molecular weight excluding hydrogens is 212 g/mol. The van der Waals surface area contributed by atoms with Crippen LogP contribution in [-0.4, -0.2) is 31.4 Å². The third-order valence-corrected chi connectivity index (χ3v) is 2.30. The molecule has 0 aromatic heterocycles. The number of rotatable bonds is 3. The molecule has 0 saturated heterocycles. The van der Waals surface area contributed by atoms with Gasteiger partial charge in [0.25, 0.3) is 0 Å². The molecule has 1 heterocycles. The Hall–Kier alpha value is -1.75. The number of methoxy groups -OCH3 is 1. The maximum atomic E-state index is 11.0. The van der Waals surface area contributed by atoms with Crippen LogP contribution < -0.4 is 9.47 Å². The number of aromatic carboxylic acids is 1. The summed E-state index contributed by atoms with van der Waals surface area (Å²) >= 11 is 0. The number of carboxylic acid groups (broad SMARTS) is 1. The van der Waals surface area contributed by atoms with Crippen molar-refractivity contribution in [2.45, 2.75) is 6.61 Å². The van der Waals surface area contributed by atoms with E-state index in [9.17, 15) is 4.79 Å². The van der Waals surface area contributed by atoms with E-state index in [1.54, 1.807) is 13.2 Å². The molecule has 0 unspecified atom stereocenters. The Labute approximate surface area is 92.5 Å². The van der Waals surface area contributed by atoms with E-state index in [2.05, 4.69) is 0 Å². The maximum absolute atomic E-state index is 11.0. The van der Waals surface area contributed by atoms with E-state index in [0.717, 1.165) is 5.56 Å². The van der Waals surface area contributed by atoms with Gasteiger partial charge in [0.2, 0.25) is 0 Å². The Bertz CT molecular complexity index is 413. The topological polar surface area (TPSA) is 65.0 Å². The van der Waals surface area contributed by atoms with E-state index in [-0.39, 0.29) is 5.56 Å². The third-order valence-electron chi connectivity index (χ3n) is 2.30. The van der Waals surface area contributed by atoms with Crippen molar-refractivity contribution < 1.29 is 24.1 Å². The number of fused-ring (bicyclic) bond motifs is 1. The highest BCUT2D eigenvalue weighted by Gasteiger charge is 2.23. The summed E-state index contributed by atoms with van der Waals surface area (Å²) in [5, 5.41) is 8.99. The Morgan fingerprint density at radius 2 is 2.06 bits per heavy atom. The molecule has 0 radical (unpaired) electrons. The van der Waals surface area contributed by atoms with Gasteiger partial charge in [0, 0.05) is 12.7 Å². The van der Waals surface area contributed by atoms with Crippen LogP contribution in [-0.2, 0) is 11.3 Å². The van der Waals surface area contributed by atoms with Gasteiger partial charge >= 0.3 is 5.97 Å². The summed E-state index contributed by atoms with van der Waals surface area (Å²) in [6.45, 7) is 1.15. The SMILES string of the molecule is COCc1ccc(C(=O)O)c2c1OCCO2. The summed E-state index contributed by atoms with van der Waals surface area (Å²) < 4.78 is 15.8. The largest absolute Gasteiger partial charge is 0.486 e. The van der Waals surface area contributed by atoms with E-state index in [0.29, 0.717) is 31.3 Å². The quantitative estimate of drug-likeness (QED) is 0.838. The molecule has 86 valence electrons. The van der Waals surface area contributed by atoms with Crippen LogP contribution in [0.15, 0.2) is 12.1 Å². The molecule has 1 aromatic carbocycles. The van der Waals surface area contributed by atoms with Crippen LogP contribution >= 0.6 is 0 Å². The highest BCUT2D eigenvalue weighted by atomic mass is 16.6. The molecule has 1 aliphatic heterocycles. The van der Waals surface area contributed by atoms with E-state index in [1.165, 1.54) is 6.07 Å². The minimum atomic E-state index is -1.02. The molecule has 0 bridgehead atoms. The van der Waals surface area contributed by atoms with Crippen LogP contribution in [0.3, 0.4) is 0 Å². The number of hydrogen-bond donors (Lipinski definition) is 1. The van der Waals surface area contributed by atoms with Crippen molar-refractivity contribution in [3.8, 4) is 11.5 Å². The van der Waals surface area contributed by atoms with E-state index < -0.39 is 5.97 Å². The van der Waals surface area contributed by atoms with Crippen molar-refractivity contribution in [1.29, 1.82) is 0 Å². The minimum Gasteiger partial charge on any atom is -0.486 e. The number of ether oxygens (including phenoxy) is 3. The average molecular weight is 224 g/mol. The lowest BCUT2D eigenvalue weighted by Gasteiger charge is -2.22. The van der Waals surface area contributed by atoms with Crippen molar-refractivity contribution in [3.05, 3.63) is 23.3 Å². The lowest BCUT2D eigenvalue weighted by molar-refractivity contribution is 0.0685. The van der Waals surface area contributed by atoms with Gasteiger partial charge in [-0.25, -0.2) is 4.79 Å². The zero-order chi connectivity index (χ0) is 11.5. The van der Waals surface area contributed by atoms with Gasteiger partial charge < -0.3 is 19.3 Å². The van der Waals surface area contributed by atoms with Gasteiger partial charge in [-0.15, -0.1) is 0 Å². The molecule has 2 rings (SSSR count). The lowest BCUT2D eigenvalue weighted by Crippen LogP contribution is -2.19. The molecular formula is C11H12O5. The molecule has 0 amide bonds. The van der Waals surface area contributed by atoms with Gasteiger partial charge in [0.05, 0.1) is 6.61 Å². The van der Waals surface area contributed by atoms with Crippen LogP contribution in [0.2, 0.25) is 0 Å². The van der Waals surface area contributed by atoms with Crippen LogP contribution in [0.4, 0.5) is 0 Å². The molecule has 0 aliphatic carbocycles. The predicted octanol–water partition coefficient (Wildman–Crippen LogP) is 1.30. The summed E-state index contributed by atoms with van der Waals surface area (Å²) in [5.74, 6) is -0.244. The smallest absolute Gasteiger partial charge is 0.339 e. The number of hydrogen-bond acceptors (Lipinski definition) is 4. The van der Waals surface area contributed by atoms with Crippen LogP contribution in [0, 0.1) is 0 Å². The second kappa shape index (κ2) is 4.40. The number of carbonyl (C=O) groups is 1. The molecule has 0 spiro atoms. The zero-order valence-electron chi connectivity index (χ0n) is 8.86. The highest BCUT2D eigenvalue weighted by Crippen LogP contribution is 2.37. The summed E-state index contributed by atoms with van der Waals surface area (Å²) in [4.78, 5) is 11.0. The van der Waals surface area contributed by atoms with Crippen LogP contribution in [0.5, 0.6) is 11.5 Å². The van der Waals surface area contributed by atoms with Gasteiger partial charge in [-0.1, -0.05) is 6.07 Å². The standard InChI is InChI=1S/C11H12O5/c1-14-6-7-2-3-8(11(12)13)10-9(7)15-4-5-16-10/h2-3H,4-6H2,1H3,(H,12,13). The summed E-state index contributed by atoms with van der Waals surface area (Å²) in [6, 6.07) is 3.19. The van der Waals surface area contributed by atoms with Crippen molar-refractivity contribution in [2.24, 2.45) is 0 Å². The molecule has 5 nitrogen and oxygen atoms in total. The number of benzene rings is 1. The first-order chi connectivity index (χ1) is 7.74. The van der Waals surface area contributed by atoms with Crippen molar-refractivity contribution in [2.75, 3.05) is 20.3 Å².